The van der Waals surface area contributed by atoms with E-state index in [4.69, 9.17) is 0 Å². The number of hydrogen-bond acceptors (Lipinski definition) is 4. The third-order valence-corrected chi connectivity index (χ3v) is 3.77. The van der Waals surface area contributed by atoms with Crippen LogP contribution in [0.2, 0.25) is 0 Å². The van der Waals surface area contributed by atoms with Crippen LogP contribution < -0.4 is 10.6 Å². The monoisotopic (exact) mass is 347 g/mol. The highest BCUT2D eigenvalue weighted by Crippen LogP contribution is 2.20. The van der Waals surface area contributed by atoms with E-state index in [1.165, 1.54) is 6.07 Å². The van der Waals surface area contributed by atoms with Crippen molar-refractivity contribution in [2.75, 3.05) is 10.6 Å². The van der Waals surface area contributed by atoms with Crippen LogP contribution in [0.4, 0.5) is 22.7 Å². The molecule has 0 aliphatic rings. The number of nitro benzene ring substituents is 1. The first-order chi connectivity index (χ1) is 12.6. The summed E-state index contributed by atoms with van der Waals surface area (Å²) in [6, 6.07) is 23.3. The Morgan fingerprint density at radius 3 is 2.08 bits per heavy atom. The lowest BCUT2D eigenvalue weighted by atomic mass is 10.1. The highest BCUT2D eigenvalue weighted by atomic mass is 16.6. The fourth-order valence-corrected chi connectivity index (χ4v) is 2.54. The third kappa shape index (κ3) is 4.45. The minimum atomic E-state index is -0.480. The van der Waals surface area contributed by atoms with Gasteiger partial charge in [0.1, 0.15) is 0 Å². The van der Waals surface area contributed by atoms with E-state index in [0.717, 1.165) is 11.4 Å². The zero-order valence-corrected chi connectivity index (χ0v) is 13.9. The fraction of sp³-hybridized carbons (Fsp3) is 0.0500. The largest absolute Gasteiger partial charge is 0.356 e. The summed E-state index contributed by atoms with van der Waals surface area (Å²) in [5.74, 6) is -0.303. The number of carbonyl (C=O) groups is 1. The van der Waals surface area contributed by atoms with Crippen LogP contribution >= 0.6 is 0 Å². The van der Waals surface area contributed by atoms with Crippen LogP contribution in [0.3, 0.4) is 0 Å². The molecule has 0 aliphatic heterocycles. The fourth-order valence-electron chi connectivity index (χ4n) is 2.54. The molecule has 0 saturated carbocycles. The Morgan fingerprint density at radius 1 is 0.808 bits per heavy atom. The Bertz CT molecular complexity index is 909. The normalized spacial score (nSPS) is 10.2. The Labute approximate surface area is 150 Å². The van der Waals surface area contributed by atoms with Crippen molar-refractivity contribution in [3.05, 3.63) is 94.5 Å². The first-order valence-electron chi connectivity index (χ1n) is 8.06. The molecule has 3 rings (SSSR count). The molecule has 2 N–H and O–H groups in total. The number of anilines is 3. The van der Waals surface area contributed by atoms with Crippen LogP contribution in [0, 0.1) is 10.1 Å². The van der Waals surface area contributed by atoms with Crippen molar-refractivity contribution in [3.8, 4) is 0 Å². The van der Waals surface area contributed by atoms with Crippen molar-refractivity contribution < 1.29 is 9.72 Å². The predicted molar refractivity (Wildman–Crippen MR) is 102 cm³/mol. The molecule has 1 amide bonds. The number of benzene rings is 3. The molecule has 0 unspecified atom stereocenters. The van der Waals surface area contributed by atoms with Crippen molar-refractivity contribution in [1.82, 2.24) is 0 Å². The van der Waals surface area contributed by atoms with Crippen LogP contribution in [0.15, 0.2) is 78.9 Å². The molecule has 0 radical (unpaired) electrons. The number of nitrogens with one attached hydrogen (secondary N) is 2. The zero-order chi connectivity index (χ0) is 18.4. The number of nitro groups is 1. The van der Waals surface area contributed by atoms with Gasteiger partial charge in [-0.1, -0.05) is 36.4 Å². The maximum Gasteiger partial charge on any atom is 0.273 e. The second-order valence-corrected chi connectivity index (χ2v) is 5.68. The molecule has 3 aromatic carbocycles. The zero-order valence-electron chi connectivity index (χ0n) is 13.9. The molecule has 130 valence electrons. The highest BCUT2D eigenvalue weighted by Gasteiger charge is 2.15. The summed E-state index contributed by atoms with van der Waals surface area (Å²) < 4.78 is 0. The number of amides is 1. The van der Waals surface area contributed by atoms with Gasteiger partial charge in [-0.3, -0.25) is 14.9 Å². The molecular weight excluding hydrogens is 330 g/mol. The van der Waals surface area contributed by atoms with Crippen molar-refractivity contribution in [2.24, 2.45) is 0 Å². The minimum Gasteiger partial charge on any atom is -0.356 e. The van der Waals surface area contributed by atoms with Crippen LogP contribution in [0.25, 0.3) is 0 Å². The third-order valence-electron chi connectivity index (χ3n) is 3.77. The van der Waals surface area contributed by atoms with Crippen LogP contribution in [0.5, 0.6) is 0 Å². The Morgan fingerprint density at radius 2 is 1.38 bits per heavy atom. The van der Waals surface area contributed by atoms with Gasteiger partial charge >= 0.3 is 0 Å². The summed E-state index contributed by atoms with van der Waals surface area (Å²) in [6.07, 6.45) is -0.0544. The predicted octanol–water partition coefficient (Wildman–Crippen LogP) is 4.52. The van der Waals surface area contributed by atoms with Crippen molar-refractivity contribution in [2.45, 2.75) is 6.42 Å². The summed E-state index contributed by atoms with van der Waals surface area (Å²) >= 11 is 0. The van der Waals surface area contributed by atoms with E-state index in [2.05, 4.69) is 10.6 Å². The molecule has 6 nitrogen and oxygen atoms in total. The molecule has 0 atom stereocenters. The van der Waals surface area contributed by atoms with Gasteiger partial charge in [-0.05, 0) is 36.4 Å². The molecule has 0 saturated heterocycles. The molecule has 0 aromatic heterocycles. The average Bonchev–Trinajstić information content (AvgIpc) is 2.64. The highest BCUT2D eigenvalue weighted by molar-refractivity contribution is 5.93. The average molecular weight is 347 g/mol. The Balaban J connectivity index is 1.62. The molecule has 26 heavy (non-hydrogen) atoms. The lowest BCUT2D eigenvalue weighted by Crippen LogP contribution is -2.15. The maximum atomic E-state index is 12.2. The molecule has 0 heterocycles. The summed E-state index contributed by atoms with van der Waals surface area (Å²) in [5, 5.41) is 17.0. The quantitative estimate of drug-likeness (QED) is 0.507. The number of rotatable bonds is 6. The number of hydrogen-bond donors (Lipinski definition) is 2. The second kappa shape index (κ2) is 7.94. The summed E-state index contributed by atoms with van der Waals surface area (Å²) in [6.45, 7) is 0. The number of para-hydroxylation sites is 2. The van der Waals surface area contributed by atoms with Gasteiger partial charge in [0, 0.05) is 28.7 Å². The number of carbonyl (C=O) groups excluding carboxylic acids is 1. The van der Waals surface area contributed by atoms with E-state index in [-0.39, 0.29) is 18.0 Å². The molecule has 6 heteroatoms. The molecular formula is C20H17N3O3. The first kappa shape index (κ1) is 17.2. The minimum absolute atomic E-state index is 0.0509. The smallest absolute Gasteiger partial charge is 0.273 e. The van der Waals surface area contributed by atoms with Crippen molar-refractivity contribution >= 4 is 28.7 Å². The molecule has 3 aromatic rings. The van der Waals surface area contributed by atoms with Gasteiger partial charge in [-0.15, -0.1) is 0 Å². The topological polar surface area (TPSA) is 84.3 Å². The van der Waals surface area contributed by atoms with Crippen LogP contribution in [-0.4, -0.2) is 10.8 Å². The van der Waals surface area contributed by atoms with Crippen molar-refractivity contribution in [1.29, 1.82) is 0 Å². The van der Waals surface area contributed by atoms with E-state index >= 15 is 0 Å². The summed E-state index contributed by atoms with van der Waals surface area (Å²) in [4.78, 5) is 22.7. The molecule has 0 bridgehead atoms. The molecule has 0 spiro atoms. The Kier molecular flexibility index (Phi) is 5.24. The van der Waals surface area contributed by atoms with E-state index in [9.17, 15) is 14.9 Å². The lowest BCUT2D eigenvalue weighted by Gasteiger charge is -2.09. The first-order valence-corrected chi connectivity index (χ1v) is 8.06. The summed E-state index contributed by atoms with van der Waals surface area (Å²) in [5.41, 5.74) is 2.84. The second-order valence-electron chi connectivity index (χ2n) is 5.68. The van der Waals surface area contributed by atoms with Gasteiger partial charge in [-0.25, -0.2) is 0 Å². The maximum absolute atomic E-state index is 12.2. The van der Waals surface area contributed by atoms with Crippen molar-refractivity contribution in [3.63, 3.8) is 0 Å². The van der Waals surface area contributed by atoms with Gasteiger partial charge in [0.25, 0.3) is 5.69 Å². The van der Waals surface area contributed by atoms with Crippen LogP contribution in [-0.2, 0) is 11.2 Å². The van der Waals surface area contributed by atoms with Crippen LogP contribution in [0.1, 0.15) is 5.56 Å². The van der Waals surface area contributed by atoms with E-state index in [1.807, 2.05) is 42.5 Å². The molecule has 0 fully saturated rings. The van der Waals surface area contributed by atoms with E-state index < -0.39 is 4.92 Å². The van der Waals surface area contributed by atoms with Gasteiger partial charge in [0.05, 0.1) is 11.3 Å². The van der Waals surface area contributed by atoms with Gasteiger partial charge in [-0.2, -0.15) is 0 Å². The summed E-state index contributed by atoms with van der Waals surface area (Å²) in [7, 11) is 0. The van der Waals surface area contributed by atoms with E-state index in [0.29, 0.717) is 11.3 Å². The van der Waals surface area contributed by atoms with Gasteiger partial charge in [0.15, 0.2) is 0 Å². The SMILES string of the molecule is O=C(Cc1ccccc1[N+](=O)[O-])Nc1ccc(Nc2ccccc2)cc1. The molecule has 0 aliphatic carbocycles. The number of nitrogens with zero attached hydrogens (tertiary/aromatic N) is 1. The standard InChI is InChI=1S/C20H17N3O3/c24-20(14-15-6-4-5-9-19(15)23(25)26)22-18-12-10-17(11-13-18)21-16-7-2-1-3-8-16/h1-13,21H,14H2,(H,22,24). The van der Waals surface area contributed by atoms with E-state index in [1.54, 1.807) is 30.3 Å². The van der Waals surface area contributed by atoms with Gasteiger partial charge in [0.2, 0.25) is 5.91 Å². The Hall–Kier alpha value is -3.67. The lowest BCUT2D eigenvalue weighted by molar-refractivity contribution is -0.385. The van der Waals surface area contributed by atoms with Gasteiger partial charge < -0.3 is 10.6 Å².